The fourth-order valence-corrected chi connectivity index (χ4v) is 6.55. The predicted molar refractivity (Wildman–Crippen MR) is 169 cm³/mol. The second-order valence-electron chi connectivity index (χ2n) is 12.2. The van der Waals surface area contributed by atoms with Gasteiger partial charge in [0.2, 0.25) is 0 Å². The van der Waals surface area contributed by atoms with Gasteiger partial charge in [-0.1, -0.05) is 6.07 Å². The Morgan fingerprint density at radius 3 is 2.53 bits per heavy atom. The quantitative estimate of drug-likeness (QED) is 0.211. The number of nitrogens with one attached hydrogen (secondary N) is 3. The van der Waals surface area contributed by atoms with E-state index < -0.39 is 24.2 Å². The maximum Gasteiger partial charge on any atom is 0.258 e. The molecule has 1 saturated carbocycles. The molecule has 3 aliphatic rings. The molecule has 1 unspecified atom stereocenters. The van der Waals surface area contributed by atoms with Crippen LogP contribution in [0.5, 0.6) is 0 Å². The van der Waals surface area contributed by atoms with Crippen LogP contribution < -0.4 is 15.5 Å². The minimum Gasteiger partial charge on any atom is -0.381 e. The average molecular weight is 619 g/mol. The van der Waals surface area contributed by atoms with Crippen LogP contribution in [0.1, 0.15) is 53.1 Å². The van der Waals surface area contributed by atoms with E-state index in [-0.39, 0.29) is 23.3 Å². The van der Waals surface area contributed by atoms with Crippen molar-refractivity contribution in [1.29, 1.82) is 0 Å². The van der Waals surface area contributed by atoms with Crippen molar-refractivity contribution in [2.24, 2.45) is 0 Å². The van der Waals surface area contributed by atoms with Crippen LogP contribution in [-0.2, 0) is 4.74 Å². The summed E-state index contributed by atoms with van der Waals surface area (Å²) in [6.45, 7) is 4.39. The number of ether oxygens (including phenoxy) is 1. The Balaban J connectivity index is 1.15. The Hall–Kier alpha value is -4.09. The van der Waals surface area contributed by atoms with Gasteiger partial charge in [0, 0.05) is 79.7 Å². The van der Waals surface area contributed by atoms with Crippen molar-refractivity contribution in [2.45, 2.75) is 43.7 Å². The van der Waals surface area contributed by atoms with Crippen molar-refractivity contribution in [2.75, 3.05) is 61.6 Å². The highest BCUT2D eigenvalue weighted by Gasteiger charge is 2.31. The van der Waals surface area contributed by atoms with E-state index in [2.05, 4.69) is 36.7 Å². The van der Waals surface area contributed by atoms with Crippen molar-refractivity contribution in [3.8, 4) is 0 Å². The minimum atomic E-state index is -1.02. The third kappa shape index (κ3) is 6.37. The standard InChI is InChI=1S/C34H37F3N6O2/c35-20-29(27-18-22(36)2-7-30(27)37)21-1-8-31-28(17-21)33(41-40-31)39-34(44)26-6-5-25(19-32(26)38-23-9-15-45-16-10-23)43-13-11-42(12-14-43)24-3-4-24/h1-2,5-8,17-19,23-24,29,38H,3-4,9-16,20H2,(H2,39,40,41,44). The van der Waals surface area contributed by atoms with E-state index in [0.717, 1.165) is 74.6 Å². The summed E-state index contributed by atoms with van der Waals surface area (Å²) in [5, 5.41) is 14.3. The smallest absolute Gasteiger partial charge is 0.258 e. The van der Waals surface area contributed by atoms with Gasteiger partial charge in [-0.25, -0.2) is 8.78 Å². The molecule has 2 aliphatic heterocycles. The Kier molecular flexibility index (Phi) is 8.37. The summed E-state index contributed by atoms with van der Waals surface area (Å²) >= 11 is 0. The van der Waals surface area contributed by atoms with Gasteiger partial charge in [0.25, 0.3) is 5.91 Å². The molecule has 3 aromatic carbocycles. The van der Waals surface area contributed by atoms with Crippen LogP contribution in [-0.4, -0.2) is 79.2 Å². The largest absolute Gasteiger partial charge is 0.381 e. The van der Waals surface area contributed by atoms with Crippen LogP contribution in [0.25, 0.3) is 10.9 Å². The van der Waals surface area contributed by atoms with Crippen molar-refractivity contribution in [1.82, 2.24) is 15.1 Å². The number of nitrogens with zero attached hydrogens (tertiary/aromatic N) is 3. The van der Waals surface area contributed by atoms with Gasteiger partial charge in [-0.15, -0.1) is 0 Å². The summed E-state index contributed by atoms with van der Waals surface area (Å²) in [6.07, 6.45) is 4.30. The van der Waals surface area contributed by atoms with Gasteiger partial charge in [-0.2, -0.15) is 5.10 Å². The molecule has 45 heavy (non-hydrogen) atoms. The molecule has 1 aliphatic carbocycles. The first-order valence-electron chi connectivity index (χ1n) is 15.7. The van der Waals surface area contributed by atoms with E-state index in [9.17, 15) is 18.0 Å². The number of H-pyrrole nitrogens is 1. The van der Waals surface area contributed by atoms with E-state index in [1.165, 1.54) is 12.8 Å². The molecule has 3 N–H and O–H groups in total. The zero-order chi connectivity index (χ0) is 30.9. The molecule has 236 valence electrons. The molecule has 8 nitrogen and oxygen atoms in total. The zero-order valence-electron chi connectivity index (χ0n) is 25.0. The first-order valence-corrected chi connectivity index (χ1v) is 15.7. The Labute approximate surface area is 259 Å². The lowest BCUT2D eigenvalue weighted by Crippen LogP contribution is -2.47. The molecule has 3 fully saturated rings. The molecule has 2 saturated heterocycles. The highest BCUT2D eigenvalue weighted by Crippen LogP contribution is 2.34. The molecule has 3 heterocycles. The maximum absolute atomic E-state index is 14.6. The zero-order valence-corrected chi connectivity index (χ0v) is 25.0. The summed E-state index contributed by atoms with van der Waals surface area (Å²) in [4.78, 5) is 18.8. The summed E-state index contributed by atoms with van der Waals surface area (Å²) in [6, 6.07) is 14.9. The van der Waals surface area contributed by atoms with E-state index in [1.807, 2.05) is 12.1 Å². The van der Waals surface area contributed by atoms with Crippen molar-refractivity contribution in [3.63, 3.8) is 0 Å². The molecule has 1 atom stereocenters. The van der Waals surface area contributed by atoms with Crippen LogP contribution in [0.4, 0.5) is 30.4 Å². The van der Waals surface area contributed by atoms with Gasteiger partial charge < -0.3 is 20.3 Å². The lowest BCUT2D eigenvalue weighted by molar-refractivity contribution is 0.0904. The van der Waals surface area contributed by atoms with Crippen LogP contribution in [0.3, 0.4) is 0 Å². The summed E-state index contributed by atoms with van der Waals surface area (Å²) in [7, 11) is 0. The Bertz CT molecular complexity index is 1680. The third-order valence-corrected chi connectivity index (χ3v) is 9.28. The van der Waals surface area contributed by atoms with Crippen molar-refractivity contribution in [3.05, 3.63) is 82.9 Å². The first-order chi connectivity index (χ1) is 22.0. The van der Waals surface area contributed by atoms with Gasteiger partial charge in [0.05, 0.1) is 11.1 Å². The Morgan fingerprint density at radius 2 is 1.78 bits per heavy atom. The number of hydrogen-bond acceptors (Lipinski definition) is 6. The second-order valence-corrected chi connectivity index (χ2v) is 12.2. The van der Waals surface area contributed by atoms with Crippen molar-refractivity contribution < 1.29 is 22.7 Å². The van der Waals surface area contributed by atoms with Crippen LogP contribution in [0, 0.1) is 11.6 Å². The van der Waals surface area contributed by atoms with E-state index in [0.29, 0.717) is 35.2 Å². The molecule has 0 spiro atoms. The lowest BCUT2D eigenvalue weighted by atomic mass is 9.91. The molecule has 0 radical (unpaired) electrons. The molecule has 4 aromatic rings. The van der Waals surface area contributed by atoms with Crippen LogP contribution in [0.2, 0.25) is 0 Å². The number of fused-ring (bicyclic) bond motifs is 1. The van der Waals surface area contributed by atoms with Gasteiger partial charge in [0.15, 0.2) is 5.82 Å². The Morgan fingerprint density at radius 1 is 0.978 bits per heavy atom. The topological polar surface area (TPSA) is 85.5 Å². The fourth-order valence-electron chi connectivity index (χ4n) is 6.55. The summed E-state index contributed by atoms with van der Waals surface area (Å²) in [5.41, 5.74) is 3.31. The second kappa shape index (κ2) is 12.7. The van der Waals surface area contributed by atoms with E-state index in [4.69, 9.17) is 4.74 Å². The minimum absolute atomic E-state index is 0.0659. The molecule has 1 aromatic heterocycles. The molecular formula is C34H37F3N6O2. The van der Waals surface area contributed by atoms with Crippen LogP contribution in [0.15, 0.2) is 54.6 Å². The number of anilines is 3. The van der Waals surface area contributed by atoms with Gasteiger partial charge in [-0.3, -0.25) is 19.2 Å². The first kappa shape index (κ1) is 29.6. The monoisotopic (exact) mass is 618 g/mol. The van der Waals surface area contributed by atoms with Gasteiger partial charge in [0.1, 0.15) is 18.3 Å². The number of carbonyl (C=O) groups is 1. The number of hydrogen-bond donors (Lipinski definition) is 3. The maximum atomic E-state index is 14.6. The summed E-state index contributed by atoms with van der Waals surface area (Å²) < 4.78 is 48.3. The van der Waals surface area contributed by atoms with E-state index in [1.54, 1.807) is 18.2 Å². The molecular weight excluding hydrogens is 581 g/mol. The number of alkyl halides is 1. The number of benzene rings is 3. The summed E-state index contributed by atoms with van der Waals surface area (Å²) in [5.74, 6) is -2.41. The highest BCUT2D eigenvalue weighted by atomic mass is 19.1. The fraction of sp³-hybridized carbons (Fsp3) is 0.412. The number of carbonyl (C=O) groups excluding carboxylic acids is 1. The number of aromatic amines is 1. The van der Waals surface area contributed by atoms with Gasteiger partial charge >= 0.3 is 0 Å². The SMILES string of the molecule is O=C(Nc1n[nH]c2ccc(C(CF)c3cc(F)ccc3F)cc12)c1ccc(N2CCN(C3CC3)CC2)cc1NC1CCOCC1. The molecule has 7 rings (SSSR count). The van der Waals surface area contributed by atoms with Crippen LogP contribution >= 0.6 is 0 Å². The van der Waals surface area contributed by atoms with E-state index >= 15 is 0 Å². The number of rotatable bonds is 9. The molecule has 0 bridgehead atoms. The molecule has 11 heteroatoms. The highest BCUT2D eigenvalue weighted by molar-refractivity contribution is 6.11. The lowest BCUT2D eigenvalue weighted by Gasteiger charge is -2.36. The number of aromatic nitrogens is 2. The van der Waals surface area contributed by atoms with Crippen molar-refractivity contribution >= 4 is 34.0 Å². The molecule has 1 amide bonds. The van der Waals surface area contributed by atoms with Gasteiger partial charge in [-0.05, 0) is 79.8 Å². The normalized spacial score (nSPS) is 18.7. The number of halogens is 3. The number of piperazine rings is 1. The average Bonchev–Trinajstić information content (AvgIpc) is 3.85. The number of amides is 1. The predicted octanol–water partition coefficient (Wildman–Crippen LogP) is 6.07. The third-order valence-electron chi connectivity index (χ3n) is 9.28.